The maximum atomic E-state index is 14.1. The summed E-state index contributed by atoms with van der Waals surface area (Å²) >= 11 is 0. The number of nitrogen functional groups attached to an aromatic ring is 1. The van der Waals surface area contributed by atoms with Gasteiger partial charge in [0.25, 0.3) is 0 Å². The second-order valence-corrected chi connectivity index (χ2v) is 4.80. The monoisotopic (exact) mass is 273 g/mol. The molecule has 0 aliphatic rings. The number of hydrogen-bond donors (Lipinski definition) is 1. The van der Waals surface area contributed by atoms with Gasteiger partial charge in [-0.25, -0.2) is 13.8 Å². The lowest BCUT2D eigenvalue weighted by Crippen LogP contribution is -2.02. The van der Waals surface area contributed by atoms with Gasteiger partial charge < -0.3 is 5.73 Å². The van der Waals surface area contributed by atoms with Crippen molar-refractivity contribution in [2.45, 2.75) is 13.8 Å². The van der Waals surface area contributed by atoms with Crippen molar-refractivity contribution < 1.29 is 8.78 Å². The summed E-state index contributed by atoms with van der Waals surface area (Å²) in [5.41, 5.74) is 8.07. The van der Waals surface area contributed by atoms with Crippen LogP contribution in [0.25, 0.3) is 16.7 Å². The fraction of sp³-hybridized carbons (Fsp3) is 0.133. The number of aromatic nitrogens is 2. The van der Waals surface area contributed by atoms with Crippen molar-refractivity contribution in [2.24, 2.45) is 0 Å². The van der Waals surface area contributed by atoms with Crippen LogP contribution < -0.4 is 5.73 Å². The average molecular weight is 273 g/mol. The van der Waals surface area contributed by atoms with Gasteiger partial charge in [-0.05, 0) is 43.7 Å². The van der Waals surface area contributed by atoms with Gasteiger partial charge in [0.1, 0.15) is 17.5 Å². The zero-order valence-corrected chi connectivity index (χ0v) is 11.1. The van der Waals surface area contributed by atoms with Gasteiger partial charge in [0.2, 0.25) is 0 Å². The average Bonchev–Trinajstić information content (AvgIpc) is 2.69. The summed E-state index contributed by atoms with van der Waals surface area (Å²) in [6.07, 6.45) is 0. The Kier molecular flexibility index (Phi) is 2.71. The SMILES string of the molecule is Cc1cc(F)c(-n2c(C)nc3cc(N)ccc32)cc1F. The lowest BCUT2D eigenvalue weighted by atomic mass is 10.2. The number of imidazole rings is 1. The molecule has 0 radical (unpaired) electrons. The standard InChI is InChI=1S/C15H13F2N3/c1-8-5-12(17)15(7-11(8)16)20-9(2)19-13-6-10(18)3-4-14(13)20/h3-7H,18H2,1-2H3. The molecule has 0 unspecified atom stereocenters. The number of fused-ring (bicyclic) bond motifs is 1. The highest BCUT2D eigenvalue weighted by Gasteiger charge is 2.15. The minimum absolute atomic E-state index is 0.151. The Balaban J connectivity index is 2.35. The molecule has 0 fully saturated rings. The molecule has 2 N–H and O–H groups in total. The van der Waals surface area contributed by atoms with Crippen LogP contribution in [0.2, 0.25) is 0 Å². The van der Waals surface area contributed by atoms with Gasteiger partial charge in [-0.2, -0.15) is 0 Å². The molecule has 0 spiro atoms. The van der Waals surface area contributed by atoms with Crippen LogP contribution in [0, 0.1) is 25.5 Å². The van der Waals surface area contributed by atoms with Gasteiger partial charge in [-0.15, -0.1) is 0 Å². The molecule has 0 atom stereocenters. The van der Waals surface area contributed by atoms with Crippen LogP contribution in [-0.4, -0.2) is 9.55 Å². The zero-order valence-electron chi connectivity index (χ0n) is 11.1. The number of benzene rings is 2. The summed E-state index contributed by atoms with van der Waals surface area (Å²) in [5.74, 6) is -0.353. The zero-order chi connectivity index (χ0) is 14.4. The third kappa shape index (κ3) is 1.82. The molecule has 1 aromatic heterocycles. The van der Waals surface area contributed by atoms with E-state index in [1.54, 1.807) is 29.7 Å². The van der Waals surface area contributed by atoms with Crippen LogP contribution in [0.4, 0.5) is 14.5 Å². The third-order valence-electron chi connectivity index (χ3n) is 3.32. The summed E-state index contributed by atoms with van der Waals surface area (Å²) in [4.78, 5) is 4.34. The molecule has 1 heterocycles. The Morgan fingerprint density at radius 3 is 2.55 bits per heavy atom. The number of rotatable bonds is 1. The van der Waals surface area contributed by atoms with Gasteiger partial charge >= 0.3 is 0 Å². The van der Waals surface area contributed by atoms with E-state index >= 15 is 0 Å². The minimum Gasteiger partial charge on any atom is -0.399 e. The van der Waals surface area contributed by atoms with E-state index in [9.17, 15) is 8.78 Å². The molecule has 0 saturated heterocycles. The quantitative estimate of drug-likeness (QED) is 0.690. The Labute approximate surface area is 114 Å². The van der Waals surface area contributed by atoms with Crippen LogP contribution in [0.15, 0.2) is 30.3 Å². The van der Waals surface area contributed by atoms with Crippen LogP contribution >= 0.6 is 0 Å². The number of halogens is 2. The van der Waals surface area contributed by atoms with E-state index < -0.39 is 11.6 Å². The summed E-state index contributed by atoms with van der Waals surface area (Å²) in [6.45, 7) is 3.27. The van der Waals surface area contributed by atoms with Crippen molar-refractivity contribution in [3.63, 3.8) is 0 Å². The van der Waals surface area contributed by atoms with E-state index in [1.807, 2.05) is 0 Å². The number of hydrogen-bond acceptors (Lipinski definition) is 2. The Morgan fingerprint density at radius 2 is 1.80 bits per heavy atom. The van der Waals surface area contributed by atoms with E-state index in [0.29, 0.717) is 22.5 Å². The predicted molar refractivity (Wildman–Crippen MR) is 74.9 cm³/mol. The number of aryl methyl sites for hydroxylation is 2. The smallest absolute Gasteiger partial charge is 0.147 e. The molecule has 0 saturated carbocycles. The van der Waals surface area contributed by atoms with Crippen LogP contribution in [0.1, 0.15) is 11.4 Å². The highest BCUT2D eigenvalue weighted by Crippen LogP contribution is 2.26. The van der Waals surface area contributed by atoms with E-state index in [1.165, 1.54) is 19.1 Å². The second-order valence-electron chi connectivity index (χ2n) is 4.80. The van der Waals surface area contributed by atoms with Crippen LogP contribution in [0.3, 0.4) is 0 Å². The lowest BCUT2D eigenvalue weighted by Gasteiger charge is -2.10. The fourth-order valence-electron chi connectivity index (χ4n) is 2.33. The van der Waals surface area contributed by atoms with Crippen LogP contribution in [0.5, 0.6) is 0 Å². The Hall–Kier alpha value is -2.43. The van der Waals surface area contributed by atoms with E-state index in [-0.39, 0.29) is 11.3 Å². The van der Waals surface area contributed by atoms with Gasteiger partial charge in [0.05, 0.1) is 16.7 Å². The normalized spacial score (nSPS) is 11.2. The number of nitrogens with zero attached hydrogens (tertiary/aromatic N) is 2. The molecule has 102 valence electrons. The largest absolute Gasteiger partial charge is 0.399 e. The van der Waals surface area contributed by atoms with Crippen molar-refractivity contribution in [2.75, 3.05) is 5.73 Å². The highest BCUT2D eigenvalue weighted by atomic mass is 19.1. The third-order valence-corrected chi connectivity index (χ3v) is 3.32. The molecule has 3 aromatic rings. The maximum absolute atomic E-state index is 14.1. The highest BCUT2D eigenvalue weighted by molar-refractivity contribution is 5.81. The van der Waals surface area contributed by atoms with Gasteiger partial charge in [-0.1, -0.05) is 0 Å². The first-order chi connectivity index (χ1) is 9.47. The molecule has 20 heavy (non-hydrogen) atoms. The van der Waals surface area contributed by atoms with Crippen LogP contribution in [-0.2, 0) is 0 Å². The topological polar surface area (TPSA) is 43.8 Å². The molecule has 0 amide bonds. The Bertz CT molecular complexity index is 822. The molecule has 0 aliphatic heterocycles. The maximum Gasteiger partial charge on any atom is 0.147 e. The van der Waals surface area contributed by atoms with E-state index in [0.717, 1.165) is 0 Å². The minimum atomic E-state index is -0.483. The van der Waals surface area contributed by atoms with Crippen molar-refractivity contribution in [3.05, 3.63) is 53.4 Å². The molecule has 0 bridgehead atoms. The van der Waals surface area contributed by atoms with Gasteiger partial charge in [0.15, 0.2) is 0 Å². The van der Waals surface area contributed by atoms with Crippen molar-refractivity contribution in [1.82, 2.24) is 9.55 Å². The Morgan fingerprint density at radius 1 is 1.05 bits per heavy atom. The summed E-state index contributed by atoms with van der Waals surface area (Å²) in [5, 5.41) is 0. The van der Waals surface area contributed by atoms with E-state index in [4.69, 9.17) is 5.73 Å². The first-order valence-corrected chi connectivity index (χ1v) is 6.18. The lowest BCUT2D eigenvalue weighted by molar-refractivity contribution is 0.585. The second kappa shape index (κ2) is 4.30. The summed E-state index contributed by atoms with van der Waals surface area (Å²) in [6, 6.07) is 7.55. The van der Waals surface area contributed by atoms with Gasteiger partial charge in [-0.3, -0.25) is 4.57 Å². The van der Waals surface area contributed by atoms with Crippen molar-refractivity contribution >= 4 is 16.7 Å². The summed E-state index contributed by atoms with van der Waals surface area (Å²) in [7, 11) is 0. The summed E-state index contributed by atoms with van der Waals surface area (Å²) < 4.78 is 29.5. The molecule has 2 aromatic carbocycles. The molecule has 3 rings (SSSR count). The molecule has 0 aliphatic carbocycles. The molecule has 3 nitrogen and oxygen atoms in total. The number of anilines is 1. The molecular weight excluding hydrogens is 260 g/mol. The molecule has 5 heteroatoms. The first-order valence-electron chi connectivity index (χ1n) is 6.18. The van der Waals surface area contributed by atoms with Crippen molar-refractivity contribution in [3.8, 4) is 5.69 Å². The van der Waals surface area contributed by atoms with Crippen molar-refractivity contribution in [1.29, 1.82) is 0 Å². The number of nitrogens with two attached hydrogens (primary N) is 1. The predicted octanol–water partition coefficient (Wildman–Crippen LogP) is 3.50. The van der Waals surface area contributed by atoms with Gasteiger partial charge in [0, 0.05) is 11.8 Å². The first kappa shape index (κ1) is 12.6. The van der Waals surface area contributed by atoms with E-state index in [2.05, 4.69) is 4.98 Å². The fourth-order valence-corrected chi connectivity index (χ4v) is 2.33. The molecular formula is C15H13F2N3.